The molecule has 0 bridgehead atoms. The predicted molar refractivity (Wildman–Crippen MR) is 85.1 cm³/mol. The second-order valence-corrected chi connectivity index (χ2v) is 5.79. The highest BCUT2D eigenvalue weighted by molar-refractivity contribution is 5.94. The summed E-state index contributed by atoms with van der Waals surface area (Å²) < 4.78 is 26.8. The number of rotatable bonds is 4. The topological polar surface area (TPSA) is 41.1 Å². The van der Waals surface area contributed by atoms with Gasteiger partial charge < -0.3 is 5.32 Å². The Bertz CT molecular complexity index is 733. The van der Waals surface area contributed by atoms with Crippen molar-refractivity contribution in [2.45, 2.75) is 31.8 Å². The molecule has 0 aliphatic heterocycles. The maximum atomic E-state index is 13.6. The van der Waals surface area contributed by atoms with Crippen molar-refractivity contribution in [3.05, 3.63) is 65.2 Å². The Hall–Kier alpha value is -2.27. The summed E-state index contributed by atoms with van der Waals surface area (Å²) in [6.07, 6.45) is 1.89. The van der Waals surface area contributed by atoms with Crippen molar-refractivity contribution in [1.29, 1.82) is 0 Å². The standard InChI is InChI=1S/C18H18F2N2O/c1-11(18(23)22-17-10-13(19)7-8-15(17)20)21-16-9-6-12-4-2-3-5-14(12)16/h2-5,7-8,10-11,16,21H,6,9H2,1H3,(H,22,23)/t11-,16+/m1/s1. The van der Waals surface area contributed by atoms with Crippen molar-refractivity contribution >= 4 is 11.6 Å². The molecular formula is C18H18F2N2O. The van der Waals surface area contributed by atoms with Gasteiger partial charge in [-0.2, -0.15) is 0 Å². The maximum absolute atomic E-state index is 13.6. The fourth-order valence-corrected chi connectivity index (χ4v) is 2.94. The molecule has 0 fully saturated rings. The number of carbonyl (C=O) groups excluding carboxylic acids is 1. The van der Waals surface area contributed by atoms with E-state index < -0.39 is 17.7 Å². The van der Waals surface area contributed by atoms with Gasteiger partial charge in [-0.1, -0.05) is 24.3 Å². The Kier molecular flexibility index (Phi) is 4.39. The van der Waals surface area contributed by atoms with E-state index in [1.54, 1.807) is 6.92 Å². The predicted octanol–water partition coefficient (Wildman–Crippen LogP) is 3.57. The average Bonchev–Trinajstić information content (AvgIpc) is 2.94. The molecule has 0 radical (unpaired) electrons. The van der Waals surface area contributed by atoms with Crippen LogP contribution in [0.3, 0.4) is 0 Å². The van der Waals surface area contributed by atoms with Crippen LogP contribution in [0.1, 0.15) is 30.5 Å². The van der Waals surface area contributed by atoms with Gasteiger partial charge in [0.05, 0.1) is 11.7 Å². The second-order valence-electron chi connectivity index (χ2n) is 5.79. The van der Waals surface area contributed by atoms with Gasteiger partial charge in [0, 0.05) is 12.1 Å². The van der Waals surface area contributed by atoms with E-state index in [4.69, 9.17) is 0 Å². The number of aryl methyl sites for hydroxylation is 1. The zero-order chi connectivity index (χ0) is 16.4. The second kappa shape index (κ2) is 6.46. The molecule has 0 spiro atoms. The quantitative estimate of drug-likeness (QED) is 0.905. The van der Waals surface area contributed by atoms with Gasteiger partial charge in [-0.15, -0.1) is 0 Å². The third-order valence-electron chi connectivity index (χ3n) is 4.16. The van der Waals surface area contributed by atoms with Crippen molar-refractivity contribution in [3.63, 3.8) is 0 Å². The smallest absolute Gasteiger partial charge is 0.241 e. The summed E-state index contributed by atoms with van der Waals surface area (Å²) in [6, 6.07) is 10.7. The zero-order valence-electron chi connectivity index (χ0n) is 12.8. The number of nitrogens with one attached hydrogen (secondary N) is 2. The van der Waals surface area contributed by atoms with Crippen LogP contribution >= 0.6 is 0 Å². The third kappa shape index (κ3) is 3.40. The Labute approximate surface area is 133 Å². The fourth-order valence-electron chi connectivity index (χ4n) is 2.94. The summed E-state index contributed by atoms with van der Waals surface area (Å²) in [5.74, 6) is -1.64. The van der Waals surface area contributed by atoms with Gasteiger partial charge in [-0.3, -0.25) is 10.1 Å². The summed E-state index contributed by atoms with van der Waals surface area (Å²) in [4.78, 5) is 12.2. The molecule has 2 aromatic carbocycles. The summed E-state index contributed by atoms with van der Waals surface area (Å²) >= 11 is 0. The number of amides is 1. The van der Waals surface area contributed by atoms with Crippen molar-refractivity contribution in [1.82, 2.24) is 5.32 Å². The first-order valence-electron chi connectivity index (χ1n) is 7.64. The molecule has 1 aliphatic rings. The first kappa shape index (κ1) is 15.6. The van der Waals surface area contributed by atoms with E-state index >= 15 is 0 Å². The number of fused-ring (bicyclic) bond motifs is 1. The van der Waals surface area contributed by atoms with Crippen LogP contribution in [0.2, 0.25) is 0 Å². The molecule has 0 saturated carbocycles. The van der Waals surface area contributed by atoms with Gasteiger partial charge in [-0.25, -0.2) is 8.78 Å². The van der Waals surface area contributed by atoms with Crippen LogP contribution in [0, 0.1) is 11.6 Å². The van der Waals surface area contributed by atoms with Crippen LogP contribution in [0.15, 0.2) is 42.5 Å². The minimum absolute atomic E-state index is 0.101. The molecular weight excluding hydrogens is 298 g/mol. The van der Waals surface area contributed by atoms with Crippen LogP contribution in [0.5, 0.6) is 0 Å². The van der Waals surface area contributed by atoms with E-state index in [9.17, 15) is 13.6 Å². The fraction of sp³-hybridized carbons (Fsp3) is 0.278. The van der Waals surface area contributed by atoms with Crippen LogP contribution in [-0.2, 0) is 11.2 Å². The van der Waals surface area contributed by atoms with Gasteiger partial charge in [0.2, 0.25) is 5.91 Å². The van der Waals surface area contributed by atoms with Crippen LogP contribution in [-0.4, -0.2) is 11.9 Å². The van der Waals surface area contributed by atoms with E-state index in [0.29, 0.717) is 0 Å². The van der Waals surface area contributed by atoms with E-state index in [-0.39, 0.29) is 17.6 Å². The van der Waals surface area contributed by atoms with Crippen molar-refractivity contribution in [3.8, 4) is 0 Å². The number of hydrogen-bond donors (Lipinski definition) is 2. The number of benzene rings is 2. The summed E-state index contributed by atoms with van der Waals surface area (Å²) in [5, 5.41) is 5.69. The van der Waals surface area contributed by atoms with Gasteiger partial charge in [0.25, 0.3) is 0 Å². The largest absolute Gasteiger partial charge is 0.322 e. The molecule has 0 aromatic heterocycles. The molecule has 2 N–H and O–H groups in total. The first-order chi connectivity index (χ1) is 11.0. The first-order valence-corrected chi connectivity index (χ1v) is 7.64. The minimum Gasteiger partial charge on any atom is -0.322 e. The monoisotopic (exact) mass is 316 g/mol. The Morgan fingerprint density at radius 2 is 2.00 bits per heavy atom. The molecule has 2 aromatic rings. The molecule has 2 atom stereocenters. The van der Waals surface area contributed by atoms with E-state index in [0.717, 1.165) is 31.0 Å². The highest BCUT2D eigenvalue weighted by atomic mass is 19.1. The molecule has 3 nitrogen and oxygen atoms in total. The molecule has 1 aliphatic carbocycles. The number of hydrogen-bond acceptors (Lipinski definition) is 2. The third-order valence-corrected chi connectivity index (χ3v) is 4.16. The molecule has 3 rings (SSSR count). The summed E-state index contributed by atoms with van der Waals surface area (Å²) in [6.45, 7) is 1.72. The normalized spacial score (nSPS) is 17.6. The van der Waals surface area contributed by atoms with Gasteiger partial charge in [-0.05, 0) is 43.0 Å². The molecule has 5 heteroatoms. The average molecular weight is 316 g/mol. The Balaban J connectivity index is 1.66. The van der Waals surface area contributed by atoms with E-state index in [1.165, 1.54) is 11.1 Å². The molecule has 0 saturated heterocycles. The van der Waals surface area contributed by atoms with E-state index in [2.05, 4.69) is 22.8 Å². The molecule has 0 unspecified atom stereocenters. The van der Waals surface area contributed by atoms with Crippen LogP contribution in [0.4, 0.5) is 14.5 Å². The summed E-state index contributed by atoms with van der Waals surface area (Å²) in [5.41, 5.74) is 2.34. The molecule has 120 valence electrons. The SMILES string of the molecule is C[C@@H](N[C@H]1CCc2ccccc21)C(=O)Nc1cc(F)ccc1F. The van der Waals surface area contributed by atoms with Crippen molar-refractivity contribution in [2.75, 3.05) is 5.32 Å². The zero-order valence-corrected chi connectivity index (χ0v) is 12.8. The minimum atomic E-state index is -0.654. The van der Waals surface area contributed by atoms with Crippen LogP contribution in [0.25, 0.3) is 0 Å². The number of carbonyl (C=O) groups is 1. The highest BCUT2D eigenvalue weighted by Gasteiger charge is 2.25. The lowest BCUT2D eigenvalue weighted by atomic mass is 10.1. The van der Waals surface area contributed by atoms with Gasteiger partial charge in [0.1, 0.15) is 11.6 Å². The summed E-state index contributed by atoms with van der Waals surface area (Å²) in [7, 11) is 0. The Morgan fingerprint density at radius 3 is 2.83 bits per heavy atom. The lowest BCUT2D eigenvalue weighted by Gasteiger charge is -2.20. The Morgan fingerprint density at radius 1 is 1.22 bits per heavy atom. The van der Waals surface area contributed by atoms with Crippen LogP contribution < -0.4 is 10.6 Å². The molecule has 0 heterocycles. The molecule has 1 amide bonds. The number of halogens is 2. The maximum Gasteiger partial charge on any atom is 0.241 e. The lowest BCUT2D eigenvalue weighted by Crippen LogP contribution is -2.39. The van der Waals surface area contributed by atoms with E-state index in [1.807, 2.05) is 12.1 Å². The van der Waals surface area contributed by atoms with Crippen molar-refractivity contribution in [2.24, 2.45) is 0 Å². The van der Waals surface area contributed by atoms with Gasteiger partial charge >= 0.3 is 0 Å². The van der Waals surface area contributed by atoms with Crippen molar-refractivity contribution < 1.29 is 13.6 Å². The van der Waals surface area contributed by atoms with Gasteiger partial charge in [0.15, 0.2) is 0 Å². The lowest BCUT2D eigenvalue weighted by molar-refractivity contribution is -0.118. The highest BCUT2D eigenvalue weighted by Crippen LogP contribution is 2.31. The molecule has 23 heavy (non-hydrogen) atoms. The number of anilines is 1.